The van der Waals surface area contributed by atoms with Crippen LogP contribution in [0.15, 0.2) is 60.4 Å². The molecule has 0 fully saturated rings. The molecule has 3 aromatic carbocycles. The van der Waals surface area contributed by atoms with Gasteiger partial charge in [-0.3, -0.25) is 4.79 Å². The predicted molar refractivity (Wildman–Crippen MR) is 116 cm³/mol. The van der Waals surface area contributed by atoms with E-state index in [0.29, 0.717) is 39.3 Å². The standard InChI is InChI=1S/C24H18Cl2O3/c1-14-5-3-4-6-17(14)13-28-19-9-15(2)23-21(12-19)29-22(24(23)27)10-16-7-8-18(25)11-20(16)26/h3-12H,13H2,1-2H3/b22-10-. The van der Waals surface area contributed by atoms with Gasteiger partial charge in [-0.2, -0.15) is 0 Å². The van der Waals surface area contributed by atoms with E-state index in [4.69, 9.17) is 32.7 Å². The number of hydrogen-bond donors (Lipinski definition) is 0. The van der Waals surface area contributed by atoms with Gasteiger partial charge in [0, 0.05) is 16.1 Å². The number of carbonyl (C=O) groups is 1. The summed E-state index contributed by atoms with van der Waals surface area (Å²) in [5.74, 6) is 1.20. The summed E-state index contributed by atoms with van der Waals surface area (Å²) >= 11 is 12.2. The molecular formula is C24H18Cl2O3. The van der Waals surface area contributed by atoms with Gasteiger partial charge >= 0.3 is 0 Å². The molecule has 0 spiro atoms. The van der Waals surface area contributed by atoms with Crippen LogP contribution in [-0.4, -0.2) is 5.78 Å². The minimum Gasteiger partial charge on any atom is -0.489 e. The molecule has 0 bridgehead atoms. The maximum Gasteiger partial charge on any atom is 0.232 e. The Labute approximate surface area is 179 Å². The van der Waals surface area contributed by atoms with Crippen molar-refractivity contribution in [2.75, 3.05) is 0 Å². The van der Waals surface area contributed by atoms with Crippen molar-refractivity contribution in [1.82, 2.24) is 0 Å². The number of carbonyl (C=O) groups excluding carboxylic acids is 1. The minimum absolute atomic E-state index is 0.172. The molecule has 0 N–H and O–H groups in total. The average Bonchev–Trinajstić information content (AvgIpc) is 2.99. The van der Waals surface area contributed by atoms with Crippen molar-refractivity contribution in [1.29, 1.82) is 0 Å². The molecule has 4 rings (SSSR count). The lowest BCUT2D eigenvalue weighted by atomic mass is 10.0. The van der Waals surface area contributed by atoms with Crippen molar-refractivity contribution in [3.63, 3.8) is 0 Å². The Morgan fingerprint density at radius 2 is 1.79 bits per heavy atom. The van der Waals surface area contributed by atoms with Crippen LogP contribution in [0.25, 0.3) is 6.08 Å². The third-order valence-corrected chi connectivity index (χ3v) is 5.41. The molecule has 0 saturated heterocycles. The molecule has 0 atom stereocenters. The molecule has 1 aliphatic heterocycles. The Hall–Kier alpha value is -2.75. The summed E-state index contributed by atoms with van der Waals surface area (Å²) in [6, 6.07) is 16.8. The number of benzene rings is 3. The van der Waals surface area contributed by atoms with Gasteiger partial charge in [-0.25, -0.2) is 0 Å². The fourth-order valence-corrected chi connectivity index (χ4v) is 3.72. The number of fused-ring (bicyclic) bond motifs is 1. The van der Waals surface area contributed by atoms with E-state index in [-0.39, 0.29) is 11.5 Å². The summed E-state index contributed by atoms with van der Waals surface area (Å²) in [6.45, 7) is 4.37. The summed E-state index contributed by atoms with van der Waals surface area (Å²) in [5, 5.41) is 0.988. The van der Waals surface area contributed by atoms with Gasteiger partial charge in [0.25, 0.3) is 0 Å². The van der Waals surface area contributed by atoms with Gasteiger partial charge in [-0.15, -0.1) is 0 Å². The first-order valence-corrected chi connectivity index (χ1v) is 9.89. The Bertz CT molecular complexity index is 1150. The monoisotopic (exact) mass is 424 g/mol. The summed E-state index contributed by atoms with van der Waals surface area (Å²) in [6.07, 6.45) is 1.63. The van der Waals surface area contributed by atoms with Crippen LogP contribution in [0.1, 0.15) is 32.6 Å². The zero-order valence-electron chi connectivity index (χ0n) is 16.0. The maximum atomic E-state index is 12.8. The molecular weight excluding hydrogens is 407 g/mol. The number of rotatable bonds is 4. The number of ketones is 1. The molecule has 5 heteroatoms. The largest absolute Gasteiger partial charge is 0.489 e. The fourth-order valence-electron chi connectivity index (χ4n) is 3.25. The molecule has 3 aromatic rings. The van der Waals surface area contributed by atoms with Gasteiger partial charge in [0.05, 0.1) is 5.56 Å². The lowest BCUT2D eigenvalue weighted by Crippen LogP contribution is -2.00. The average molecular weight is 425 g/mol. The van der Waals surface area contributed by atoms with Gasteiger partial charge in [0.15, 0.2) is 5.76 Å². The number of halogens is 2. The van der Waals surface area contributed by atoms with E-state index in [0.717, 1.165) is 11.1 Å². The molecule has 1 heterocycles. The number of allylic oxidation sites excluding steroid dienone is 1. The quantitative estimate of drug-likeness (QED) is 0.431. The van der Waals surface area contributed by atoms with E-state index in [2.05, 4.69) is 0 Å². The highest BCUT2D eigenvalue weighted by molar-refractivity contribution is 6.35. The highest BCUT2D eigenvalue weighted by Crippen LogP contribution is 2.38. The number of aryl methyl sites for hydroxylation is 2. The lowest BCUT2D eigenvalue weighted by molar-refractivity contribution is 0.101. The molecule has 0 unspecified atom stereocenters. The lowest BCUT2D eigenvalue weighted by Gasteiger charge is -2.10. The molecule has 1 aliphatic rings. The molecule has 29 heavy (non-hydrogen) atoms. The first-order chi connectivity index (χ1) is 13.9. The maximum absolute atomic E-state index is 12.8. The van der Waals surface area contributed by atoms with Crippen LogP contribution >= 0.6 is 23.2 Å². The molecule has 0 aromatic heterocycles. The summed E-state index contributed by atoms with van der Waals surface area (Å²) in [5.41, 5.74) is 4.30. The Kier molecular flexibility index (Phi) is 5.35. The zero-order valence-corrected chi connectivity index (χ0v) is 17.5. The van der Waals surface area contributed by atoms with E-state index in [1.54, 1.807) is 30.3 Å². The van der Waals surface area contributed by atoms with Crippen LogP contribution in [0, 0.1) is 13.8 Å². The molecule has 0 radical (unpaired) electrons. The van der Waals surface area contributed by atoms with Crippen LogP contribution in [0.2, 0.25) is 10.0 Å². The van der Waals surface area contributed by atoms with Gasteiger partial charge in [-0.05, 0) is 60.4 Å². The van der Waals surface area contributed by atoms with Gasteiger partial charge < -0.3 is 9.47 Å². The summed E-state index contributed by atoms with van der Waals surface area (Å²) in [4.78, 5) is 12.8. The third-order valence-electron chi connectivity index (χ3n) is 4.85. The van der Waals surface area contributed by atoms with Crippen molar-refractivity contribution in [2.45, 2.75) is 20.5 Å². The van der Waals surface area contributed by atoms with Gasteiger partial charge in [0.2, 0.25) is 5.78 Å². The van der Waals surface area contributed by atoms with E-state index in [1.807, 2.05) is 44.2 Å². The van der Waals surface area contributed by atoms with Gasteiger partial charge in [0.1, 0.15) is 18.1 Å². The molecule has 146 valence electrons. The van der Waals surface area contributed by atoms with E-state index in [9.17, 15) is 4.79 Å². The van der Waals surface area contributed by atoms with Crippen molar-refractivity contribution in [3.8, 4) is 11.5 Å². The van der Waals surface area contributed by atoms with E-state index < -0.39 is 0 Å². The highest BCUT2D eigenvalue weighted by atomic mass is 35.5. The van der Waals surface area contributed by atoms with Crippen molar-refractivity contribution in [3.05, 3.63) is 98.2 Å². The third kappa shape index (κ3) is 4.02. The topological polar surface area (TPSA) is 35.5 Å². The normalized spacial score (nSPS) is 14.1. The second kappa shape index (κ2) is 7.94. The fraction of sp³-hybridized carbons (Fsp3) is 0.125. The first kappa shape index (κ1) is 19.6. The summed E-state index contributed by atoms with van der Waals surface area (Å²) < 4.78 is 11.8. The predicted octanol–water partition coefficient (Wildman–Crippen LogP) is 6.81. The zero-order chi connectivity index (χ0) is 20.5. The van der Waals surface area contributed by atoms with Crippen LogP contribution in [-0.2, 0) is 6.61 Å². The van der Waals surface area contributed by atoms with E-state index in [1.165, 1.54) is 5.56 Å². The number of ether oxygens (including phenoxy) is 2. The van der Waals surface area contributed by atoms with Crippen molar-refractivity contribution >= 4 is 35.1 Å². The Morgan fingerprint density at radius 1 is 1.00 bits per heavy atom. The smallest absolute Gasteiger partial charge is 0.232 e. The van der Waals surface area contributed by atoms with Gasteiger partial charge in [-0.1, -0.05) is 53.5 Å². The van der Waals surface area contributed by atoms with Crippen LogP contribution in [0.5, 0.6) is 11.5 Å². The van der Waals surface area contributed by atoms with Crippen LogP contribution < -0.4 is 9.47 Å². The van der Waals surface area contributed by atoms with Crippen molar-refractivity contribution in [2.24, 2.45) is 0 Å². The van der Waals surface area contributed by atoms with Crippen LogP contribution in [0.3, 0.4) is 0 Å². The molecule has 0 amide bonds. The highest BCUT2D eigenvalue weighted by Gasteiger charge is 2.30. The number of hydrogen-bond acceptors (Lipinski definition) is 3. The van der Waals surface area contributed by atoms with E-state index >= 15 is 0 Å². The molecule has 0 saturated carbocycles. The first-order valence-electron chi connectivity index (χ1n) is 9.13. The van der Waals surface area contributed by atoms with Crippen molar-refractivity contribution < 1.29 is 14.3 Å². The summed E-state index contributed by atoms with van der Waals surface area (Å²) in [7, 11) is 0. The second-order valence-corrected chi connectivity index (χ2v) is 7.78. The van der Waals surface area contributed by atoms with Crippen LogP contribution in [0.4, 0.5) is 0 Å². The molecule has 3 nitrogen and oxygen atoms in total. The second-order valence-electron chi connectivity index (χ2n) is 6.93. The Balaban J connectivity index is 1.59. The minimum atomic E-state index is -0.172. The SMILES string of the molecule is Cc1ccccc1COc1cc(C)c2c(c1)O/C(=C\c1ccc(Cl)cc1Cl)C2=O. The number of Topliss-reactive ketones (excluding diaryl/α,β-unsaturated/α-hetero) is 1. The molecule has 0 aliphatic carbocycles. The Morgan fingerprint density at radius 3 is 2.55 bits per heavy atom.